The summed E-state index contributed by atoms with van der Waals surface area (Å²) in [5, 5.41) is 0.833. The molecule has 0 saturated carbocycles. The Kier molecular flexibility index (Phi) is 3.95. The molecule has 0 amide bonds. The Hall–Kier alpha value is -0.730. The van der Waals surface area contributed by atoms with Crippen molar-refractivity contribution < 1.29 is 0 Å². The van der Waals surface area contributed by atoms with Gasteiger partial charge in [0.1, 0.15) is 0 Å². The van der Waals surface area contributed by atoms with Gasteiger partial charge in [0.25, 0.3) is 0 Å². The highest BCUT2D eigenvalue weighted by Crippen LogP contribution is 2.36. The summed E-state index contributed by atoms with van der Waals surface area (Å²) in [7, 11) is 0. The van der Waals surface area contributed by atoms with Crippen molar-refractivity contribution in [2.45, 2.75) is 51.7 Å². The Labute approximate surface area is 109 Å². The molecule has 1 aromatic rings. The van der Waals surface area contributed by atoms with Crippen LogP contribution in [0.3, 0.4) is 0 Å². The molecular weight excluding hydrogens is 232 g/mol. The highest BCUT2D eigenvalue weighted by molar-refractivity contribution is 6.33. The van der Waals surface area contributed by atoms with E-state index in [2.05, 4.69) is 30.9 Å². The zero-order valence-corrected chi connectivity index (χ0v) is 11.4. The van der Waals surface area contributed by atoms with Gasteiger partial charge in [0.2, 0.25) is 0 Å². The first-order valence-corrected chi connectivity index (χ1v) is 6.82. The third kappa shape index (κ3) is 2.43. The van der Waals surface area contributed by atoms with Crippen LogP contribution in [-0.4, -0.2) is 12.1 Å². The molecule has 94 valence electrons. The molecule has 0 aliphatic carbocycles. The monoisotopic (exact) mass is 252 g/mol. The van der Waals surface area contributed by atoms with E-state index < -0.39 is 0 Å². The zero-order chi connectivity index (χ0) is 12.4. The van der Waals surface area contributed by atoms with E-state index in [9.17, 15) is 0 Å². The quantitative estimate of drug-likeness (QED) is 0.891. The summed E-state index contributed by atoms with van der Waals surface area (Å²) in [6.07, 6.45) is 3.71. The second-order valence-corrected chi connectivity index (χ2v) is 5.29. The Balaban J connectivity index is 2.32. The van der Waals surface area contributed by atoms with E-state index in [4.69, 9.17) is 17.3 Å². The van der Waals surface area contributed by atoms with Crippen LogP contribution in [0.5, 0.6) is 0 Å². The predicted molar refractivity (Wildman–Crippen MR) is 74.6 cm³/mol. The summed E-state index contributed by atoms with van der Waals surface area (Å²) in [5.74, 6) is 0. The van der Waals surface area contributed by atoms with Gasteiger partial charge in [-0.3, -0.25) is 0 Å². The number of nitrogens with two attached hydrogens (primary N) is 1. The molecule has 1 aliphatic rings. The van der Waals surface area contributed by atoms with Crippen LogP contribution in [0.15, 0.2) is 18.2 Å². The normalized spacial score (nSPS) is 24.4. The summed E-state index contributed by atoms with van der Waals surface area (Å²) in [5.41, 5.74) is 7.89. The van der Waals surface area contributed by atoms with Crippen LogP contribution in [-0.2, 0) is 6.54 Å². The lowest BCUT2D eigenvalue weighted by Gasteiger charge is -2.31. The van der Waals surface area contributed by atoms with E-state index in [1.807, 2.05) is 6.07 Å². The van der Waals surface area contributed by atoms with Crippen molar-refractivity contribution in [3.8, 4) is 0 Å². The molecule has 1 fully saturated rings. The van der Waals surface area contributed by atoms with Crippen molar-refractivity contribution in [3.63, 3.8) is 0 Å². The summed E-state index contributed by atoms with van der Waals surface area (Å²) in [4.78, 5) is 2.47. The molecule has 1 heterocycles. The van der Waals surface area contributed by atoms with Gasteiger partial charge in [-0.25, -0.2) is 0 Å². The topological polar surface area (TPSA) is 29.3 Å². The highest BCUT2D eigenvalue weighted by Gasteiger charge is 2.30. The van der Waals surface area contributed by atoms with Gasteiger partial charge < -0.3 is 10.6 Å². The molecule has 2 N–H and O–H groups in total. The standard InChI is InChI=1S/C14H21ClN2/c1-3-12-6-4-10(2)17(12)14-7-5-11(9-16)8-13(14)15/h5,7-8,10,12H,3-4,6,9,16H2,1-2H3. The molecule has 0 aromatic heterocycles. The van der Waals surface area contributed by atoms with Gasteiger partial charge in [0.05, 0.1) is 10.7 Å². The number of benzene rings is 1. The van der Waals surface area contributed by atoms with Gasteiger partial charge in [-0.05, 0) is 43.9 Å². The summed E-state index contributed by atoms with van der Waals surface area (Å²) in [6, 6.07) is 7.41. The Morgan fingerprint density at radius 1 is 1.41 bits per heavy atom. The average molecular weight is 253 g/mol. The molecule has 1 aliphatic heterocycles. The van der Waals surface area contributed by atoms with Gasteiger partial charge in [0, 0.05) is 18.6 Å². The van der Waals surface area contributed by atoms with Crippen molar-refractivity contribution in [1.82, 2.24) is 0 Å². The fourth-order valence-corrected chi connectivity index (χ4v) is 3.09. The van der Waals surface area contributed by atoms with Crippen LogP contribution in [0.1, 0.15) is 38.7 Å². The third-order valence-electron chi connectivity index (χ3n) is 3.78. The lowest BCUT2D eigenvalue weighted by molar-refractivity contribution is 0.628. The first kappa shape index (κ1) is 12.7. The van der Waals surface area contributed by atoms with Crippen LogP contribution in [0.25, 0.3) is 0 Å². The lowest BCUT2D eigenvalue weighted by Crippen LogP contribution is -2.34. The van der Waals surface area contributed by atoms with E-state index in [-0.39, 0.29) is 0 Å². The molecule has 0 radical (unpaired) electrons. The number of rotatable bonds is 3. The van der Waals surface area contributed by atoms with E-state index in [0.29, 0.717) is 18.6 Å². The minimum Gasteiger partial charge on any atom is -0.365 e. The van der Waals surface area contributed by atoms with Crippen molar-refractivity contribution in [3.05, 3.63) is 28.8 Å². The molecule has 17 heavy (non-hydrogen) atoms. The second-order valence-electron chi connectivity index (χ2n) is 4.89. The molecule has 3 heteroatoms. The maximum Gasteiger partial charge on any atom is 0.0642 e. The van der Waals surface area contributed by atoms with E-state index >= 15 is 0 Å². The smallest absolute Gasteiger partial charge is 0.0642 e. The maximum absolute atomic E-state index is 6.38. The Morgan fingerprint density at radius 3 is 2.76 bits per heavy atom. The molecule has 1 aromatic carbocycles. The largest absolute Gasteiger partial charge is 0.365 e. The van der Waals surface area contributed by atoms with Gasteiger partial charge in [-0.1, -0.05) is 24.6 Å². The van der Waals surface area contributed by atoms with Crippen LogP contribution in [0.2, 0.25) is 5.02 Å². The number of hydrogen-bond donors (Lipinski definition) is 1. The first-order chi connectivity index (χ1) is 8.17. The molecular formula is C14H21ClN2. The Morgan fingerprint density at radius 2 is 2.18 bits per heavy atom. The third-order valence-corrected chi connectivity index (χ3v) is 4.09. The van der Waals surface area contributed by atoms with Crippen molar-refractivity contribution >= 4 is 17.3 Å². The number of halogens is 1. The summed E-state index contributed by atoms with van der Waals surface area (Å²) >= 11 is 6.38. The number of hydrogen-bond acceptors (Lipinski definition) is 2. The lowest BCUT2D eigenvalue weighted by atomic mass is 10.1. The van der Waals surface area contributed by atoms with E-state index in [1.54, 1.807) is 0 Å². The van der Waals surface area contributed by atoms with E-state index in [0.717, 1.165) is 10.6 Å². The van der Waals surface area contributed by atoms with Gasteiger partial charge in [0.15, 0.2) is 0 Å². The minimum absolute atomic E-state index is 0.548. The molecule has 2 rings (SSSR count). The Bertz CT molecular complexity index is 392. The van der Waals surface area contributed by atoms with Crippen LogP contribution in [0.4, 0.5) is 5.69 Å². The number of nitrogens with zero attached hydrogens (tertiary/aromatic N) is 1. The molecule has 1 saturated heterocycles. The van der Waals surface area contributed by atoms with Crippen LogP contribution >= 0.6 is 11.6 Å². The van der Waals surface area contributed by atoms with Gasteiger partial charge >= 0.3 is 0 Å². The molecule has 0 bridgehead atoms. The van der Waals surface area contributed by atoms with Crippen molar-refractivity contribution in [2.75, 3.05) is 4.90 Å². The minimum atomic E-state index is 0.548. The maximum atomic E-state index is 6.38. The average Bonchev–Trinajstić information content (AvgIpc) is 2.70. The summed E-state index contributed by atoms with van der Waals surface area (Å²) in [6.45, 7) is 5.08. The van der Waals surface area contributed by atoms with Crippen molar-refractivity contribution in [2.24, 2.45) is 5.73 Å². The fraction of sp³-hybridized carbons (Fsp3) is 0.571. The van der Waals surface area contributed by atoms with Crippen molar-refractivity contribution in [1.29, 1.82) is 0 Å². The first-order valence-electron chi connectivity index (χ1n) is 6.44. The van der Waals surface area contributed by atoms with Gasteiger partial charge in [-0.2, -0.15) is 0 Å². The van der Waals surface area contributed by atoms with Crippen LogP contribution in [0, 0.1) is 0 Å². The van der Waals surface area contributed by atoms with Crippen LogP contribution < -0.4 is 10.6 Å². The summed E-state index contributed by atoms with van der Waals surface area (Å²) < 4.78 is 0. The van der Waals surface area contributed by atoms with Gasteiger partial charge in [-0.15, -0.1) is 0 Å². The molecule has 2 unspecified atom stereocenters. The molecule has 0 spiro atoms. The number of anilines is 1. The predicted octanol–water partition coefficient (Wildman–Crippen LogP) is 3.57. The molecule has 2 atom stereocenters. The second kappa shape index (κ2) is 5.28. The molecule has 2 nitrogen and oxygen atoms in total. The fourth-order valence-electron chi connectivity index (χ4n) is 2.79. The van der Waals surface area contributed by atoms with E-state index in [1.165, 1.54) is 24.9 Å². The zero-order valence-electron chi connectivity index (χ0n) is 10.6. The highest BCUT2D eigenvalue weighted by atomic mass is 35.5. The SMILES string of the molecule is CCC1CCC(C)N1c1ccc(CN)cc1Cl.